The molecule has 1 amide bonds. The van der Waals surface area contributed by atoms with Gasteiger partial charge in [-0.3, -0.25) is 10.2 Å². The molecule has 0 bridgehead atoms. The van der Waals surface area contributed by atoms with Crippen LogP contribution in [-0.2, 0) is 10.0 Å². The third-order valence-electron chi connectivity index (χ3n) is 3.79. The van der Waals surface area contributed by atoms with E-state index in [1.165, 1.54) is 24.3 Å². The molecular formula is C17H18N2O5S. The fraction of sp³-hybridized carbons (Fsp3) is 0.235. The van der Waals surface area contributed by atoms with Gasteiger partial charge in [-0.25, -0.2) is 8.42 Å². The molecule has 25 heavy (non-hydrogen) atoms. The molecule has 2 aromatic rings. The SMILES string of the molecule is CC(C)c1ccc(S(=O)(=O)NNC(=O)c2ccc3c(c2)OCO3)cc1. The average molecular weight is 362 g/mol. The zero-order valence-electron chi connectivity index (χ0n) is 13.8. The number of carbonyl (C=O) groups is 1. The molecule has 0 radical (unpaired) electrons. The highest BCUT2D eigenvalue weighted by Gasteiger charge is 2.19. The Morgan fingerprint density at radius 3 is 2.40 bits per heavy atom. The number of hydrogen-bond acceptors (Lipinski definition) is 5. The van der Waals surface area contributed by atoms with Gasteiger partial charge < -0.3 is 9.47 Å². The van der Waals surface area contributed by atoms with Crippen LogP contribution in [0.3, 0.4) is 0 Å². The Hall–Kier alpha value is -2.58. The molecule has 3 rings (SSSR count). The van der Waals surface area contributed by atoms with Gasteiger partial charge in [0, 0.05) is 5.56 Å². The molecule has 1 heterocycles. The van der Waals surface area contributed by atoms with Gasteiger partial charge in [-0.15, -0.1) is 4.83 Å². The summed E-state index contributed by atoms with van der Waals surface area (Å²) in [5.74, 6) is 0.693. The van der Waals surface area contributed by atoms with E-state index in [4.69, 9.17) is 9.47 Å². The van der Waals surface area contributed by atoms with Gasteiger partial charge in [0.05, 0.1) is 4.90 Å². The number of hydrazine groups is 1. The van der Waals surface area contributed by atoms with Crippen LogP contribution in [0.1, 0.15) is 35.7 Å². The molecule has 8 heteroatoms. The normalized spacial score (nSPS) is 13.1. The lowest BCUT2D eigenvalue weighted by molar-refractivity contribution is 0.0944. The summed E-state index contributed by atoms with van der Waals surface area (Å²) in [6, 6.07) is 11.1. The highest BCUT2D eigenvalue weighted by atomic mass is 32.2. The van der Waals surface area contributed by atoms with Crippen LogP contribution in [0.15, 0.2) is 47.4 Å². The number of amides is 1. The molecule has 2 aromatic carbocycles. The van der Waals surface area contributed by atoms with Gasteiger partial charge in [0.25, 0.3) is 15.9 Å². The summed E-state index contributed by atoms with van der Waals surface area (Å²) in [6.45, 7) is 4.14. The number of fused-ring (bicyclic) bond motifs is 1. The molecule has 0 atom stereocenters. The maximum Gasteiger partial charge on any atom is 0.266 e. The summed E-state index contributed by atoms with van der Waals surface area (Å²) in [4.78, 5) is 14.3. The number of benzene rings is 2. The van der Waals surface area contributed by atoms with E-state index in [0.717, 1.165) is 5.56 Å². The second kappa shape index (κ2) is 6.73. The first-order chi connectivity index (χ1) is 11.9. The van der Waals surface area contributed by atoms with E-state index in [-0.39, 0.29) is 17.3 Å². The van der Waals surface area contributed by atoms with E-state index in [2.05, 4.69) is 10.3 Å². The molecule has 7 nitrogen and oxygen atoms in total. The minimum Gasteiger partial charge on any atom is -0.454 e. The first kappa shape index (κ1) is 17.2. The van der Waals surface area contributed by atoms with Gasteiger partial charge in [-0.2, -0.15) is 0 Å². The van der Waals surface area contributed by atoms with Crippen LogP contribution < -0.4 is 19.7 Å². The standard InChI is InChI=1S/C17H18N2O5S/c1-11(2)12-3-6-14(7-4-12)25(21,22)19-18-17(20)13-5-8-15-16(9-13)24-10-23-15/h3-9,11,19H,10H2,1-2H3,(H,18,20). The van der Waals surface area contributed by atoms with Crippen LogP contribution in [0.4, 0.5) is 0 Å². The average Bonchev–Trinajstić information content (AvgIpc) is 3.07. The summed E-state index contributed by atoms with van der Waals surface area (Å²) >= 11 is 0. The Bertz CT molecular complexity index is 892. The van der Waals surface area contributed by atoms with Crippen molar-refractivity contribution in [1.29, 1.82) is 0 Å². The summed E-state index contributed by atoms with van der Waals surface area (Å²) in [7, 11) is -3.86. The Balaban J connectivity index is 1.68. The largest absolute Gasteiger partial charge is 0.454 e. The van der Waals surface area contributed by atoms with E-state index in [1.807, 2.05) is 13.8 Å². The molecule has 0 saturated carbocycles. The molecule has 0 unspecified atom stereocenters. The molecule has 0 saturated heterocycles. The monoisotopic (exact) mass is 362 g/mol. The summed E-state index contributed by atoms with van der Waals surface area (Å²) in [5, 5.41) is 0. The van der Waals surface area contributed by atoms with E-state index in [1.54, 1.807) is 18.2 Å². The van der Waals surface area contributed by atoms with E-state index < -0.39 is 15.9 Å². The Morgan fingerprint density at radius 1 is 1.04 bits per heavy atom. The van der Waals surface area contributed by atoms with Crippen LogP contribution >= 0.6 is 0 Å². The molecule has 132 valence electrons. The number of rotatable bonds is 5. The van der Waals surface area contributed by atoms with Crippen molar-refractivity contribution in [2.24, 2.45) is 0 Å². The van der Waals surface area contributed by atoms with Gasteiger partial charge in [0.15, 0.2) is 11.5 Å². The van der Waals surface area contributed by atoms with Crippen LogP contribution in [0.5, 0.6) is 11.5 Å². The van der Waals surface area contributed by atoms with Crippen molar-refractivity contribution < 1.29 is 22.7 Å². The summed E-state index contributed by atoms with van der Waals surface area (Å²) in [5.41, 5.74) is 3.48. The van der Waals surface area contributed by atoms with Crippen molar-refractivity contribution in [2.75, 3.05) is 6.79 Å². The Kier molecular flexibility index (Phi) is 4.65. The minimum atomic E-state index is -3.86. The first-order valence-corrected chi connectivity index (χ1v) is 9.17. The lowest BCUT2D eigenvalue weighted by Crippen LogP contribution is -2.41. The second-order valence-corrected chi connectivity index (χ2v) is 7.53. The molecule has 2 N–H and O–H groups in total. The number of sulfonamides is 1. The Labute approximate surface area is 146 Å². The predicted octanol–water partition coefficient (Wildman–Crippen LogP) is 2.16. The van der Waals surface area contributed by atoms with Gasteiger partial charge in [0.1, 0.15) is 0 Å². The Morgan fingerprint density at radius 2 is 1.72 bits per heavy atom. The molecular weight excluding hydrogens is 344 g/mol. The zero-order chi connectivity index (χ0) is 18.0. The zero-order valence-corrected chi connectivity index (χ0v) is 14.6. The van der Waals surface area contributed by atoms with Crippen LogP contribution in [0, 0.1) is 0 Å². The summed E-state index contributed by atoms with van der Waals surface area (Å²) in [6.07, 6.45) is 0. The molecule has 1 aliphatic rings. The lowest BCUT2D eigenvalue weighted by atomic mass is 10.0. The maximum absolute atomic E-state index is 12.3. The number of ether oxygens (including phenoxy) is 2. The van der Waals surface area contributed by atoms with E-state index in [9.17, 15) is 13.2 Å². The first-order valence-electron chi connectivity index (χ1n) is 7.68. The van der Waals surface area contributed by atoms with Gasteiger partial charge in [-0.1, -0.05) is 26.0 Å². The van der Waals surface area contributed by atoms with Gasteiger partial charge >= 0.3 is 0 Å². The quantitative estimate of drug-likeness (QED) is 0.795. The van der Waals surface area contributed by atoms with Crippen LogP contribution in [-0.4, -0.2) is 21.1 Å². The van der Waals surface area contributed by atoms with Crippen molar-refractivity contribution in [3.63, 3.8) is 0 Å². The number of hydrogen-bond donors (Lipinski definition) is 2. The van der Waals surface area contributed by atoms with Crippen LogP contribution in [0.2, 0.25) is 0 Å². The van der Waals surface area contributed by atoms with Crippen molar-refractivity contribution in [3.05, 3.63) is 53.6 Å². The molecule has 0 aliphatic carbocycles. The number of nitrogens with one attached hydrogen (secondary N) is 2. The number of carbonyl (C=O) groups excluding carboxylic acids is 1. The van der Waals surface area contributed by atoms with Crippen molar-refractivity contribution in [2.45, 2.75) is 24.7 Å². The minimum absolute atomic E-state index is 0.0721. The predicted molar refractivity (Wildman–Crippen MR) is 90.9 cm³/mol. The fourth-order valence-electron chi connectivity index (χ4n) is 2.31. The smallest absolute Gasteiger partial charge is 0.266 e. The molecule has 0 fully saturated rings. The third-order valence-corrected chi connectivity index (χ3v) is 5.05. The molecule has 1 aliphatic heterocycles. The van der Waals surface area contributed by atoms with Crippen LogP contribution in [0.25, 0.3) is 0 Å². The van der Waals surface area contributed by atoms with E-state index in [0.29, 0.717) is 17.4 Å². The van der Waals surface area contributed by atoms with Crippen molar-refractivity contribution in [3.8, 4) is 11.5 Å². The third kappa shape index (κ3) is 3.75. The topological polar surface area (TPSA) is 93.7 Å². The van der Waals surface area contributed by atoms with E-state index >= 15 is 0 Å². The summed E-state index contributed by atoms with van der Waals surface area (Å²) < 4.78 is 34.9. The van der Waals surface area contributed by atoms with Gasteiger partial charge in [-0.05, 0) is 41.8 Å². The maximum atomic E-state index is 12.3. The van der Waals surface area contributed by atoms with Gasteiger partial charge in [0.2, 0.25) is 6.79 Å². The molecule has 0 spiro atoms. The van der Waals surface area contributed by atoms with Crippen molar-refractivity contribution in [1.82, 2.24) is 10.3 Å². The molecule has 0 aromatic heterocycles. The second-order valence-electron chi connectivity index (χ2n) is 5.85. The highest BCUT2D eigenvalue weighted by Crippen LogP contribution is 2.32. The van der Waals surface area contributed by atoms with Crippen molar-refractivity contribution >= 4 is 15.9 Å². The highest BCUT2D eigenvalue weighted by molar-refractivity contribution is 7.89. The fourth-order valence-corrected chi connectivity index (χ4v) is 3.15. The lowest BCUT2D eigenvalue weighted by Gasteiger charge is -2.10.